The summed E-state index contributed by atoms with van der Waals surface area (Å²) in [4.78, 5) is 13.7. The molecule has 84 valence electrons. The van der Waals surface area contributed by atoms with Gasteiger partial charge in [0.05, 0.1) is 6.61 Å². The fraction of sp³-hybridized carbons (Fsp3) is 0.909. The van der Waals surface area contributed by atoms with Crippen LogP contribution in [0, 0.1) is 0 Å². The highest BCUT2D eigenvalue weighted by Crippen LogP contribution is 2.07. The number of nitrogens with zero attached hydrogens (tertiary/aromatic N) is 1. The van der Waals surface area contributed by atoms with Crippen molar-refractivity contribution in [3.8, 4) is 0 Å². The Balaban J connectivity index is 4.26. The first-order chi connectivity index (χ1) is 6.54. The summed E-state index contributed by atoms with van der Waals surface area (Å²) in [6.07, 6.45) is 1.06. The molecule has 0 saturated heterocycles. The summed E-state index contributed by atoms with van der Waals surface area (Å²) in [5, 5.41) is 0. The minimum Gasteiger partial charge on any atom is -0.465 e. The Kier molecular flexibility index (Phi) is 6.54. The summed E-state index contributed by atoms with van der Waals surface area (Å²) >= 11 is 0. The van der Waals surface area contributed by atoms with E-state index in [-0.39, 0.29) is 12.0 Å². The number of ether oxygens (including phenoxy) is 1. The van der Waals surface area contributed by atoms with Gasteiger partial charge < -0.3 is 4.74 Å². The molecule has 0 heterocycles. The van der Waals surface area contributed by atoms with Crippen LogP contribution in [0.5, 0.6) is 0 Å². The fourth-order valence-electron chi connectivity index (χ4n) is 1.56. The summed E-state index contributed by atoms with van der Waals surface area (Å²) in [5.41, 5.74) is 0. The van der Waals surface area contributed by atoms with E-state index < -0.39 is 0 Å². The van der Waals surface area contributed by atoms with Gasteiger partial charge in [0.25, 0.3) is 0 Å². The predicted octanol–water partition coefficient (Wildman–Crippen LogP) is 2.06. The van der Waals surface area contributed by atoms with E-state index >= 15 is 0 Å². The van der Waals surface area contributed by atoms with Gasteiger partial charge in [-0.25, -0.2) is 0 Å². The Bertz CT molecular complexity index is 169. The van der Waals surface area contributed by atoms with Gasteiger partial charge in [-0.1, -0.05) is 6.92 Å². The highest BCUT2D eigenvalue weighted by molar-refractivity contribution is 5.75. The Morgan fingerprint density at radius 3 is 2.21 bits per heavy atom. The molecule has 0 aromatic rings. The maximum absolute atomic E-state index is 11.5. The van der Waals surface area contributed by atoms with Crippen molar-refractivity contribution < 1.29 is 9.53 Å². The third-order valence-corrected chi connectivity index (χ3v) is 2.27. The van der Waals surface area contributed by atoms with Crippen LogP contribution < -0.4 is 0 Å². The lowest BCUT2D eigenvalue weighted by atomic mass is 10.2. The lowest BCUT2D eigenvalue weighted by Gasteiger charge is -2.30. The molecule has 14 heavy (non-hydrogen) atoms. The predicted molar refractivity (Wildman–Crippen MR) is 58.2 cm³/mol. The maximum atomic E-state index is 11.5. The molecule has 1 unspecified atom stereocenters. The van der Waals surface area contributed by atoms with E-state index in [1.165, 1.54) is 0 Å². The summed E-state index contributed by atoms with van der Waals surface area (Å²) < 4.78 is 5.00. The van der Waals surface area contributed by atoms with E-state index in [9.17, 15) is 4.79 Å². The van der Waals surface area contributed by atoms with Crippen LogP contribution in [-0.2, 0) is 9.53 Å². The molecular formula is C11H23NO2. The van der Waals surface area contributed by atoms with Crippen LogP contribution in [0.4, 0.5) is 0 Å². The third-order valence-electron chi connectivity index (χ3n) is 2.27. The zero-order valence-corrected chi connectivity index (χ0v) is 10.0. The van der Waals surface area contributed by atoms with Gasteiger partial charge in [-0.15, -0.1) is 0 Å². The van der Waals surface area contributed by atoms with Gasteiger partial charge >= 0.3 is 5.97 Å². The van der Waals surface area contributed by atoms with Crippen molar-refractivity contribution in [2.75, 3.05) is 13.2 Å². The molecule has 0 rings (SSSR count). The Hall–Kier alpha value is -0.570. The van der Waals surface area contributed by atoms with Gasteiger partial charge in [-0.3, -0.25) is 9.69 Å². The van der Waals surface area contributed by atoms with Crippen LogP contribution in [0.3, 0.4) is 0 Å². The zero-order valence-electron chi connectivity index (χ0n) is 10.0. The fourth-order valence-corrected chi connectivity index (χ4v) is 1.56. The van der Waals surface area contributed by atoms with Gasteiger partial charge in [-0.05, 0) is 40.7 Å². The second kappa shape index (κ2) is 6.82. The molecular weight excluding hydrogens is 178 g/mol. The largest absolute Gasteiger partial charge is 0.465 e. The van der Waals surface area contributed by atoms with Crippen LogP contribution in [0.25, 0.3) is 0 Å². The molecule has 0 aliphatic heterocycles. The second-order valence-corrected chi connectivity index (χ2v) is 3.76. The highest BCUT2D eigenvalue weighted by atomic mass is 16.5. The van der Waals surface area contributed by atoms with Crippen molar-refractivity contribution >= 4 is 5.97 Å². The molecule has 0 radical (unpaired) electrons. The zero-order chi connectivity index (χ0) is 11.1. The molecule has 0 bridgehead atoms. The van der Waals surface area contributed by atoms with Gasteiger partial charge in [0, 0.05) is 6.04 Å². The van der Waals surface area contributed by atoms with E-state index in [2.05, 4.69) is 25.7 Å². The average molecular weight is 201 g/mol. The molecule has 0 saturated carbocycles. The van der Waals surface area contributed by atoms with Gasteiger partial charge in [0.15, 0.2) is 0 Å². The topological polar surface area (TPSA) is 29.5 Å². The molecule has 0 aromatic carbocycles. The van der Waals surface area contributed by atoms with E-state index in [4.69, 9.17) is 4.74 Å². The van der Waals surface area contributed by atoms with Crippen molar-refractivity contribution in [3.63, 3.8) is 0 Å². The second-order valence-electron chi connectivity index (χ2n) is 3.76. The lowest BCUT2D eigenvalue weighted by molar-refractivity contribution is -0.149. The highest BCUT2D eigenvalue weighted by Gasteiger charge is 2.23. The van der Waals surface area contributed by atoms with Crippen LogP contribution >= 0.6 is 0 Å². The minimum atomic E-state index is -0.130. The van der Waals surface area contributed by atoms with E-state index in [0.29, 0.717) is 12.6 Å². The van der Waals surface area contributed by atoms with Crippen LogP contribution in [0.1, 0.15) is 41.0 Å². The van der Waals surface area contributed by atoms with Crippen molar-refractivity contribution in [2.45, 2.75) is 53.1 Å². The lowest BCUT2D eigenvalue weighted by Crippen LogP contribution is -2.44. The Morgan fingerprint density at radius 2 is 1.86 bits per heavy atom. The molecule has 0 fully saturated rings. The van der Waals surface area contributed by atoms with Crippen molar-refractivity contribution in [3.05, 3.63) is 0 Å². The molecule has 3 nitrogen and oxygen atoms in total. The number of carbonyl (C=O) groups is 1. The van der Waals surface area contributed by atoms with Gasteiger partial charge in [-0.2, -0.15) is 0 Å². The molecule has 3 heteroatoms. The SMILES string of the molecule is CCCN(C(C)C)C(C)C(=O)OCC. The van der Waals surface area contributed by atoms with Crippen molar-refractivity contribution in [1.29, 1.82) is 0 Å². The van der Waals surface area contributed by atoms with Crippen molar-refractivity contribution in [2.24, 2.45) is 0 Å². The first-order valence-corrected chi connectivity index (χ1v) is 5.46. The van der Waals surface area contributed by atoms with E-state index in [1.54, 1.807) is 0 Å². The normalized spacial score (nSPS) is 13.4. The van der Waals surface area contributed by atoms with Crippen molar-refractivity contribution in [1.82, 2.24) is 4.90 Å². The summed E-state index contributed by atoms with van der Waals surface area (Å²) in [6.45, 7) is 11.5. The Morgan fingerprint density at radius 1 is 1.29 bits per heavy atom. The van der Waals surface area contributed by atoms with E-state index in [1.807, 2.05) is 13.8 Å². The van der Waals surface area contributed by atoms with E-state index in [0.717, 1.165) is 13.0 Å². The summed E-state index contributed by atoms with van der Waals surface area (Å²) in [6, 6.07) is 0.254. The molecule has 0 aromatic heterocycles. The molecule has 0 aliphatic rings. The standard InChI is InChI=1S/C11H23NO2/c1-6-8-12(9(3)4)10(5)11(13)14-7-2/h9-10H,6-8H2,1-5H3. The quantitative estimate of drug-likeness (QED) is 0.616. The number of hydrogen-bond acceptors (Lipinski definition) is 3. The Labute approximate surface area is 87.4 Å². The number of rotatable bonds is 6. The third kappa shape index (κ3) is 4.09. The number of hydrogen-bond donors (Lipinski definition) is 0. The first kappa shape index (κ1) is 13.4. The van der Waals surface area contributed by atoms with Gasteiger partial charge in [0.1, 0.15) is 6.04 Å². The van der Waals surface area contributed by atoms with Crippen LogP contribution in [0.2, 0.25) is 0 Å². The van der Waals surface area contributed by atoms with Gasteiger partial charge in [0.2, 0.25) is 0 Å². The van der Waals surface area contributed by atoms with Crippen LogP contribution in [0.15, 0.2) is 0 Å². The molecule has 1 atom stereocenters. The summed E-state index contributed by atoms with van der Waals surface area (Å²) in [7, 11) is 0. The number of esters is 1. The minimum absolute atomic E-state index is 0.116. The first-order valence-electron chi connectivity index (χ1n) is 5.46. The molecule has 0 N–H and O–H groups in total. The monoisotopic (exact) mass is 201 g/mol. The molecule has 0 aliphatic carbocycles. The molecule has 0 amide bonds. The number of carbonyl (C=O) groups excluding carboxylic acids is 1. The average Bonchev–Trinajstić information content (AvgIpc) is 2.13. The molecule has 0 spiro atoms. The maximum Gasteiger partial charge on any atom is 0.323 e. The smallest absolute Gasteiger partial charge is 0.323 e. The van der Waals surface area contributed by atoms with Crippen LogP contribution in [-0.4, -0.2) is 36.1 Å². The summed E-state index contributed by atoms with van der Waals surface area (Å²) in [5.74, 6) is -0.116.